The lowest BCUT2D eigenvalue weighted by Crippen LogP contribution is -2.33. The summed E-state index contributed by atoms with van der Waals surface area (Å²) in [5.74, 6) is 0.510. The smallest absolute Gasteiger partial charge is 0.410 e. The Morgan fingerprint density at radius 3 is 2.27 bits per heavy atom. The summed E-state index contributed by atoms with van der Waals surface area (Å²) in [5, 5.41) is 0.623. The molecule has 0 fully saturated rings. The maximum atomic E-state index is 11.5. The third kappa shape index (κ3) is 3.44. The van der Waals surface area contributed by atoms with Crippen molar-refractivity contribution in [2.24, 2.45) is 0 Å². The van der Waals surface area contributed by atoms with E-state index >= 15 is 0 Å². The lowest BCUT2D eigenvalue weighted by Gasteiger charge is -2.17. The van der Waals surface area contributed by atoms with E-state index in [2.05, 4.69) is 0 Å². The number of rotatable bonds is 3. The number of hydrogen-bond donors (Lipinski definition) is 0. The van der Waals surface area contributed by atoms with Crippen LogP contribution in [0.25, 0.3) is 0 Å². The van der Waals surface area contributed by atoms with Crippen molar-refractivity contribution in [2.45, 2.75) is 13.8 Å². The van der Waals surface area contributed by atoms with Gasteiger partial charge in [0.15, 0.2) is 0 Å². The molecule has 0 aromatic heterocycles. The van der Waals surface area contributed by atoms with Gasteiger partial charge in [0.1, 0.15) is 5.75 Å². The highest BCUT2D eigenvalue weighted by atomic mass is 35.5. The molecule has 1 aromatic rings. The van der Waals surface area contributed by atoms with Crippen LogP contribution < -0.4 is 4.74 Å². The predicted octanol–water partition coefficient (Wildman–Crippen LogP) is 3.18. The average Bonchev–Trinajstić information content (AvgIpc) is 2.23. The van der Waals surface area contributed by atoms with Gasteiger partial charge in [0.05, 0.1) is 0 Å². The summed E-state index contributed by atoms with van der Waals surface area (Å²) in [6.07, 6.45) is -0.331. The summed E-state index contributed by atoms with van der Waals surface area (Å²) in [4.78, 5) is 13.1. The second-order valence-corrected chi connectivity index (χ2v) is 3.43. The molecule has 0 aliphatic carbocycles. The molecule has 82 valence electrons. The van der Waals surface area contributed by atoms with E-state index in [-0.39, 0.29) is 6.09 Å². The van der Waals surface area contributed by atoms with Crippen molar-refractivity contribution in [1.82, 2.24) is 4.90 Å². The maximum absolute atomic E-state index is 11.5. The van der Waals surface area contributed by atoms with Crippen LogP contribution in [-0.2, 0) is 0 Å². The lowest BCUT2D eigenvalue weighted by atomic mass is 10.3. The summed E-state index contributed by atoms with van der Waals surface area (Å²) in [6.45, 7) is 5.10. The Morgan fingerprint density at radius 1 is 1.27 bits per heavy atom. The topological polar surface area (TPSA) is 29.5 Å². The monoisotopic (exact) mass is 227 g/mol. The molecule has 0 saturated heterocycles. The van der Waals surface area contributed by atoms with Crippen molar-refractivity contribution >= 4 is 17.7 Å². The van der Waals surface area contributed by atoms with Crippen LogP contribution in [0, 0.1) is 0 Å². The zero-order valence-electron chi connectivity index (χ0n) is 8.87. The van der Waals surface area contributed by atoms with Crippen LogP contribution in [0.15, 0.2) is 24.3 Å². The highest BCUT2D eigenvalue weighted by Crippen LogP contribution is 2.16. The molecule has 0 radical (unpaired) electrons. The number of carbonyl (C=O) groups excluding carboxylic acids is 1. The fraction of sp³-hybridized carbons (Fsp3) is 0.364. The Balaban J connectivity index is 2.61. The molecule has 0 spiro atoms. The average molecular weight is 228 g/mol. The molecule has 0 N–H and O–H groups in total. The quantitative estimate of drug-likeness (QED) is 0.794. The van der Waals surface area contributed by atoms with E-state index in [1.165, 1.54) is 0 Å². The standard InChI is InChI=1S/C11H14ClNO2/c1-3-13(4-2)11(14)15-10-7-5-9(12)6-8-10/h5-8H,3-4H2,1-2H3. The minimum atomic E-state index is -0.331. The van der Waals surface area contributed by atoms with Gasteiger partial charge in [-0.2, -0.15) is 0 Å². The summed E-state index contributed by atoms with van der Waals surface area (Å²) in [7, 11) is 0. The largest absolute Gasteiger partial charge is 0.415 e. The van der Waals surface area contributed by atoms with Crippen LogP contribution in [0.4, 0.5) is 4.79 Å². The number of ether oxygens (including phenoxy) is 1. The van der Waals surface area contributed by atoms with Crippen LogP contribution in [0.1, 0.15) is 13.8 Å². The maximum Gasteiger partial charge on any atom is 0.415 e. The van der Waals surface area contributed by atoms with E-state index in [4.69, 9.17) is 16.3 Å². The number of nitrogens with zero attached hydrogens (tertiary/aromatic N) is 1. The molecule has 4 heteroatoms. The first-order valence-electron chi connectivity index (χ1n) is 4.89. The van der Waals surface area contributed by atoms with E-state index in [1.807, 2.05) is 13.8 Å². The molecule has 1 rings (SSSR count). The molecule has 0 aliphatic heterocycles. The Hall–Kier alpha value is -1.22. The minimum Gasteiger partial charge on any atom is -0.410 e. The highest BCUT2D eigenvalue weighted by Gasteiger charge is 2.11. The van der Waals surface area contributed by atoms with Crippen LogP contribution in [0.2, 0.25) is 5.02 Å². The Kier molecular flexibility index (Phi) is 4.43. The second kappa shape index (κ2) is 5.61. The minimum absolute atomic E-state index is 0.331. The fourth-order valence-corrected chi connectivity index (χ4v) is 1.28. The number of amides is 1. The number of hydrogen-bond acceptors (Lipinski definition) is 2. The summed E-state index contributed by atoms with van der Waals surface area (Å²) >= 11 is 5.71. The normalized spacial score (nSPS) is 9.80. The van der Waals surface area contributed by atoms with Crippen molar-refractivity contribution < 1.29 is 9.53 Å². The molecular weight excluding hydrogens is 214 g/mol. The summed E-state index contributed by atoms with van der Waals surface area (Å²) in [5.41, 5.74) is 0. The van der Waals surface area contributed by atoms with Gasteiger partial charge in [0, 0.05) is 18.1 Å². The van der Waals surface area contributed by atoms with Crippen molar-refractivity contribution in [1.29, 1.82) is 0 Å². The first kappa shape index (κ1) is 11.9. The molecule has 0 heterocycles. The third-order valence-electron chi connectivity index (χ3n) is 2.04. The van der Waals surface area contributed by atoms with Gasteiger partial charge in [0.2, 0.25) is 0 Å². The van der Waals surface area contributed by atoms with Crippen molar-refractivity contribution in [3.63, 3.8) is 0 Å². The van der Waals surface area contributed by atoms with Crippen LogP contribution in [0.3, 0.4) is 0 Å². The molecule has 3 nitrogen and oxygen atoms in total. The van der Waals surface area contributed by atoms with E-state index in [0.29, 0.717) is 23.9 Å². The summed E-state index contributed by atoms with van der Waals surface area (Å²) < 4.78 is 5.14. The van der Waals surface area contributed by atoms with Crippen molar-refractivity contribution in [2.75, 3.05) is 13.1 Å². The van der Waals surface area contributed by atoms with Gasteiger partial charge in [-0.05, 0) is 38.1 Å². The Morgan fingerprint density at radius 2 is 1.80 bits per heavy atom. The van der Waals surface area contributed by atoms with Gasteiger partial charge in [-0.1, -0.05) is 11.6 Å². The van der Waals surface area contributed by atoms with Gasteiger partial charge in [0.25, 0.3) is 0 Å². The van der Waals surface area contributed by atoms with E-state index in [1.54, 1.807) is 29.2 Å². The Labute approximate surface area is 94.6 Å². The van der Waals surface area contributed by atoms with Gasteiger partial charge < -0.3 is 9.64 Å². The van der Waals surface area contributed by atoms with Crippen LogP contribution in [-0.4, -0.2) is 24.1 Å². The summed E-state index contributed by atoms with van der Waals surface area (Å²) in [6, 6.07) is 6.71. The number of benzene rings is 1. The molecular formula is C11H14ClNO2. The van der Waals surface area contributed by atoms with Gasteiger partial charge in [-0.15, -0.1) is 0 Å². The fourth-order valence-electron chi connectivity index (χ4n) is 1.15. The predicted molar refractivity (Wildman–Crippen MR) is 60.4 cm³/mol. The molecule has 1 amide bonds. The number of carbonyl (C=O) groups is 1. The van der Waals surface area contributed by atoms with Crippen LogP contribution in [0.5, 0.6) is 5.75 Å². The van der Waals surface area contributed by atoms with Gasteiger partial charge in [-0.25, -0.2) is 4.79 Å². The number of halogens is 1. The molecule has 0 atom stereocenters. The van der Waals surface area contributed by atoms with E-state index < -0.39 is 0 Å². The molecule has 0 unspecified atom stereocenters. The van der Waals surface area contributed by atoms with Crippen molar-refractivity contribution in [3.05, 3.63) is 29.3 Å². The lowest BCUT2D eigenvalue weighted by molar-refractivity contribution is 0.157. The SMILES string of the molecule is CCN(CC)C(=O)Oc1ccc(Cl)cc1. The molecule has 0 saturated carbocycles. The first-order chi connectivity index (χ1) is 7.17. The molecule has 0 aliphatic rings. The third-order valence-corrected chi connectivity index (χ3v) is 2.29. The van der Waals surface area contributed by atoms with Crippen molar-refractivity contribution in [3.8, 4) is 5.75 Å². The van der Waals surface area contributed by atoms with Crippen LogP contribution >= 0.6 is 11.6 Å². The van der Waals surface area contributed by atoms with Gasteiger partial charge in [-0.3, -0.25) is 0 Å². The zero-order valence-corrected chi connectivity index (χ0v) is 9.62. The Bertz CT molecular complexity index is 320. The first-order valence-corrected chi connectivity index (χ1v) is 5.27. The molecule has 1 aromatic carbocycles. The highest BCUT2D eigenvalue weighted by molar-refractivity contribution is 6.30. The second-order valence-electron chi connectivity index (χ2n) is 2.99. The van der Waals surface area contributed by atoms with Gasteiger partial charge >= 0.3 is 6.09 Å². The van der Waals surface area contributed by atoms with E-state index in [0.717, 1.165) is 0 Å². The molecule has 0 bridgehead atoms. The molecule has 15 heavy (non-hydrogen) atoms. The zero-order chi connectivity index (χ0) is 11.3. The van der Waals surface area contributed by atoms with E-state index in [9.17, 15) is 4.79 Å².